The second-order valence-electron chi connectivity index (χ2n) is 6.45. The van der Waals surface area contributed by atoms with Gasteiger partial charge in [0.15, 0.2) is 0 Å². The van der Waals surface area contributed by atoms with Crippen molar-refractivity contribution in [2.75, 3.05) is 24.5 Å². The van der Waals surface area contributed by atoms with Crippen molar-refractivity contribution in [1.29, 1.82) is 0 Å². The number of hydrogen-bond acceptors (Lipinski definition) is 3. The van der Waals surface area contributed by atoms with Crippen LogP contribution in [0.5, 0.6) is 0 Å². The third-order valence-corrected chi connectivity index (χ3v) is 3.89. The third-order valence-electron chi connectivity index (χ3n) is 3.89. The Labute approximate surface area is 117 Å². The lowest BCUT2D eigenvalue weighted by molar-refractivity contribution is 0.292. The first-order valence-corrected chi connectivity index (χ1v) is 7.43. The fourth-order valence-electron chi connectivity index (χ4n) is 2.93. The van der Waals surface area contributed by atoms with Crippen LogP contribution in [0.2, 0.25) is 0 Å². The predicted octanol–water partition coefficient (Wildman–Crippen LogP) is 3.13. The monoisotopic (exact) mass is 261 g/mol. The van der Waals surface area contributed by atoms with Crippen LogP contribution >= 0.6 is 0 Å². The Hall–Kier alpha value is -1.09. The quantitative estimate of drug-likeness (QED) is 0.902. The molecule has 0 saturated carbocycles. The van der Waals surface area contributed by atoms with E-state index >= 15 is 0 Å². The van der Waals surface area contributed by atoms with Crippen molar-refractivity contribution in [2.24, 2.45) is 5.41 Å². The number of nitrogens with zero attached hydrogens (tertiary/aromatic N) is 2. The summed E-state index contributed by atoms with van der Waals surface area (Å²) in [5, 5.41) is 3.35. The molecule has 1 N–H and O–H groups in total. The Morgan fingerprint density at radius 1 is 1.42 bits per heavy atom. The predicted molar refractivity (Wildman–Crippen MR) is 81.6 cm³/mol. The van der Waals surface area contributed by atoms with E-state index in [-0.39, 0.29) is 0 Å². The molecule has 3 heteroatoms. The van der Waals surface area contributed by atoms with Crippen molar-refractivity contribution in [1.82, 2.24) is 10.3 Å². The summed E-state index contributed by atoms with van der Waals surface area (Å²) < 4.78 is 0. The number of hydrogen-bond donors (Lipinski definition) is 1. The molecule has 1 aliphatic rings. The van der Waals surface area contributed by atoms with Crippen LogP contribution in [0.1, 0.15) is 44.7 Å². The molecule has 1 fully saturated rings. The maximum absolute atomic E-state index is 4.71. The van der Waals surface area contributed by atoms with E-state index in [1.165, 1.54) is 29.8 Å². The first-order chi connectivity index (χ1) is 9.02. The molecule has 0 radical (unpaired) electrons. The van der Waals surface area contributed by atoms with E-state index in [1.807, 2.05) is 6.20 Å². The zero-order valence-corrected chi connectivity index (χ0v) is 12.8. The summed E-state index contributed by atoms with van der Waals surface area (Å²) in [6.07, 6.45) is 4.61. The van der Waals surface area contributed by atoms with Gasteiger partial charge >= 0.3 is 0 Å². The number of nitrogens with one attached hydrogen (secondary N) is 1. The van der Waals surface area contributed by atoms with Gasteiger partial charge in [0.25, 0.3) is 0 Å². The molecule has 3 nitrogen and oxygen atoms in total. The highest BCUT2D eigenvalue weighted by Crippen LogP contribution is 2.32. The second-order valence-corrected chi connectivity index (χ2v) is 6.45. The zero-order chi connectivity index (χ0) is 13.9. The number of aromatic nitrogens is 1. The van der Waals surface area contributed by atoms with E-state index in [9.17, 15) is 0 Å². The molecule has 1 aromatic rings. The van der Waals surface area contributed by atoms with Crippen LogP contribution in [0.3, 0.4) is 0 Å². The average molecular weight is 261 g/mol. The minimum Gasteiger partial charge on any atom is -0.356 e. The Balaban J connectivity index is 2.12. The maximum Gasteiger partial charge on any atom is 0.131 e. The highest BCUT2D eigenvalue weighted by Gasteiger charge is 2.27. The van der Waals surface area contributed by atoms with Gasteiger partial charge in [0.05, 0.1) is 0 Å². The van der Waals surface area contributed by atoms with Crippen LogP contribution in [0, 0.1) is 12.3 Å². The highest BCUT2D eigenvalue weighted by atomic mass is 15.2. The number of rotatable bonds is 4. The van der Waals surface area contributed by atoms with E-state index in [1.54, 1.807) is 0 Å². The average Bonchev–Trinajstić information content (AvgIpc) is 2.35. The fraction of sp³-hybridized carbons (Fsp3) is 0.688. The van der Waals surface area contributed by atoms with E-state index in [4.69, 9.17) is 4.98 Å². The van der Waals surface area contributed by atoms with Gasteiger partial charge in [-0.05, 0) is 48.9 Å². The maximum atomic E-state index is 4.71. The van der Waals surface area contributed by atoms with Crippen molar-refractivity contribution >= 4 is 5.82 Å². The summed E-state index contributed by atoms with van der Waals surface area (Å²) in [4.78, 5) is 7.16. The van der Waals surface area contributed by atoms with Gasteiger partial charge in [-0.1, -0.05) is 20.8 Å². The van der Waals surface area contributed by atoms with E-state index in [2.05, 4.69) is 44.0 Å². The van der Waals surface area contributed by atoms with Gasteiger partial charge < -0.3 is 10.2 Å². The van der Waals surface area contributed by atoms with Gasteiger partial charge in [-0.25, -0.2) is 4.98 Å². The van der Waals surface area contributed by atoms with Gasteiger partial charge in [0.1, 0.15) is 5.82 Å². The van der Waals surface area contributed by atoms with Gasteiger partial charge in [0, 0.05) is 25.8 Å². The van der Waals surface area contributed by atoms with E-state index < -0.39 is 0 Å². The minimum atomic E-state index is 0.412. The van der Waals surface area contributed by atoms with Crippen LogP contribution in [-0.2, 0) is 6.54 Å². The Morgan fingerprint density at radius 2 is 2.21 bits per heavy atom. The Bertz CT molecular complexity index is 426. The van der Waals surface area contributed by atoms with Gasteiger partial charge in [-0.3, -0.25) is 0 Å². The van der Waals surface area contributed by atoms with Crippen LogP contribution < -0.4 is 10.2 Å². The molecule has 0 aliphatic carbocycles. The van der Waals surface area contributed by atoms with E-state index in [0.717, 1.165) is 26.2 Å². The molecular formula is C16H27N3. The summed E-state index contributed by atoms with van der Waals surface area (Å²) in [6, 6.07) is 2.27. The molecule has 0 bridgehead atoms. The highest BCUT2D eigenvalue weighted by molar-refractivity contribution is 5.48. The lowest BCUT2D eigenvalue weighted by atomic mass is 9.84. The van der Waals surface area contributed by atoms with Crippen molar-refractivity contribution < 1.29 is 0 Å². The number of piperidine rings is 1. The second kappa shape index (κ2) is 5.91. The van der Waals surface area contributed by atoms with Crippen molar-refractivity contribution in [3.8, 4) is 0 Å². The first kappa shape index (κ1) is 14.3. The summed E-state index contributed by atoms with van der Waals surface area (Å²) in [6.45, 7) is 13.2. The molecular weight excluding hydrogens is 234 g/mol. The molecule has 1 aromatic heterocycles. The molecule has 0 unspecified atom stereocenters. The normalized spacial score (nSPS) is 18.6. The minimum absolute atomic E-state index is 0.412. The molecule has 0 amide bonds. The Kier molecular flexibility index (Phi) is 4.46. The first-order valence-electron chi connectivity index (χ1n) is 7.43. The summed E-state index contributed by atoms with van der Waals surface area (Å²) >= 11 is 0. The summed E-state index contributed by atoms with van der Waals surface area (Å²) in [5.41, 5.74) is 2.99. The fourth-order valence-corrected chi connectivity index (χ4v) is 2.93. The van der Waals surface area contributed by atoms with Crippen LogP contribution in [-0.4, -0.2) is 24.6 Å². The lowest BCUT2D eigenvalue weighted by Crippen LogP contribution is -2.40. The molecule has 1 aliphatic heterocycles. The van der Waals surface area contributed by atoms with Gasteiger partial charge in [-0.15, -0.1) is 0 Å². The number of pyridine rings is 1. The Morgan fingerprint density at radius 3 is 2.84 bits per heavy atom. The standard InChI is InChI=1S/C16H27N3/c1-5-17-10-14-9-13(2)15(18-11-14)19-8-6-7-16(3,4)12-19/h9,11,17H,5-8,10,12H2,1-4H3. The molecule has 0 atom stereocenters. The molecule has 0 aromatic carbocycles. The van der Waals surface area contributed by atoms with E-state index in [0.29, 0.717) is 5.41 Å². The summed E-state index contributed by atoms with van der Waals surface area (Å²) in [7, 11) is 0. The number of aryl methyl sites for hydroxylation is 1. The lowest BCUT2D eigenvalue weighted by Gasteiger charge is -2.39. The number of anilines is 1. The van der Waals surface area contributed by atoms with Crippen LogP contribution in [0.15, 0.2) is 12.3 Å². The largest absolute Gasteiger partial charge is 0.356 e. The third kappa shape index (κ3) is 3.69. The molecule has 1 saturated heterocycles. The molecule has 2 rings (SSSR count). The van der Waals surface area contributed by atoms with Crippen molar-refractivity contribution in [3.63, 3.8) is 0 Å². The summed E-state index contributed by atoms with van der Waals surface area (Å²) in [5.74, 6) is 1.17. The molecule has 2 heterocycles. The molecule has 0 spiro atoms. The zero-order valence-electron chi connectivity index (χ0n) is 12.8. The van der Waals surface area contributed by atoms with Crippen molar-refractivity contribution in [2.45, 2.75) is 47.1 Å². The van der Waals surface area contributed by atoms with Gasteiger partial charge in [-0.2, -0.15) is 0 Å². The SMILES string of the molecule is CCNCc1cnc(N2CCCC(C)(C)C2)c(C)c1. The van der Waals surface area contributed by atoms with Gasteiger partial charge in [0.2, 0.25) is 0 Å². The van der Waals surface area contributed by atoms with Crippen LogP contribution in [0.4, 0.5) is 5.82 Å². The molecule has 19 heavy (non-hydrogen) atoms. The molecule has 106 valence electrons. The van der Waals surface area contributed by atoms with Crippen LogP contribution in [0.25, 0.3) is 0 Å². The smallest absolute Gasteiger partial charge is 0.131 e. The topological polar surface area (TPSA) is 28.2 Å². The van der Waals surface area contributed by atoms with Crippen molar-refractivity contribution in [3.05, 3.63) is 23.4 Å².